The van der Waals surface area contributed by atoms with E-state index in [-0.39, 0.29) is 5.91 Å². The van der Waals surface area contributed by atoms with E-state index in [4.69, 9.17) is 4.74 Å². The second-order valence-corrected chi connectivity index (χ2v) is 7.58. The van der Waals surface area contributed by atoms with Crippen LogP contribution in [0.5, 0.6) is 5.75 Å². The van der Waals surface area contributed by atoms with Crippen molar-refractivity contribution in [1.82, 2.24) is 9.47 Å². The normalized spacial score (nSPS) is 11.2. The first-order valence-corrected chi connectivity index (χ1v) is 10.2. The van der Waals surface area contributed by atoms with Crippen LogP contribution in [0.2, 0.25) is 0 Å². The second-order valence-electron chi connectivity index (χ2n) is 7.58. The molecule has 0 saturated heterocycles. The number of carbonyl (C=O) groups excluding carboxylic acids is 1. The fourth-order valence-electron chi connectivity index (χ4n) is 3.68. The summed E-state index contributed by atoms with van der Waals surface area (Å²) in [5.74, 6) is 0.747. The number of benzene rings is 3. The number of fused-ring (bicyclic) bond motifs is 1. The lowest BCUT2D eigenvalue weighted by atomic mass is 10.2. The topological polar surface area (TPSA) is 34.5 Å². The molecular formula is C26H26N2O2. The number of likely N-dealkylation sites (N-methyl/N-ethyl adjacent to an activating group) is 1. The Morgan fingerprint density at radius 1 is 0.933 bits per heavy atom. The molecule has 4 aromatic rings. The van der Waals surface area contributed by atoms with Gasteiger partial charge in [-0.15, -0.1) is 0 Å². The van der Waals surface area contributed by atoms with E-state index in [1.807, 2.05) is 67.6 Å². The molecule has 0 spiro atoms. The van der Waals surface area contributed by atoms with Crippen LogP contribution in [0.3, 0.4) is 0 Å². The third kappa shape index (κ3) is 4.44. The molecule has 4 nitrogen and oxygen atoms in total. The average molecular weight is 399 g/mol. The van der Waals surface area contributed by atoms with Crippen LogP contribution in [0.25, 0.3) is 10.9 Å². The summed E-state index contributed by atoms with van der Waals surface area (Å²) in [7, 11) is 2.09. The van der Waals surface area contributed by atoms with Crippen molar-refractivity contribution in [2.45, 2.75) is 13.5 Å². The fourth-order valence-corrected chi connectivity index (χ4v) is 3.68. The highest BCUT2D eigenvalue weighted by atomic mass is 16.5. The van der Waals surface area contributed by atoms with E-state index in [1.165, 1.54) is 5.56 Å². The summed E-state index contributed by atoms with van der Waals surface area (Å²) in [5.41, 5.74) is 3.80. The molecule has 0 amide bonds. The molecule has 4 heteroatoms. The zero-order valence-corrected chi connectivity index (χ0v) is 17.4. The molecule has 0 N–H and O–H groups in total. The van der Waals surface area contributed by atoms with E-state index < -0.39 is 0 Å². The van der Waals surface area contributed by atoms with E-state index in [0.29, 0.717) is 12.2 Å². The lowest BCUT2D eigenvalue weighted by Gasteiger charge is -2.17. The van der Waals surface area contributed by atoms with Crippen molar-refractivity contribution in [3.05, 3.63) is 102 Å². The molecule has 0 saturated carbocycles. The first-order valence-electron chi connectivity index (χ1n) is 10.2. The standard InChI is InChI=1S/C26H26N2O2/c1-20-18-23-10-6-7-11-25(23)28(20)26(29)22-12-14-24(15-13-22)30-17-16-27(2)19-21-8-4-3-5-9-21/h3-15,18H,16-17,19H2,1-2H3. The van der Waals surface area contributed by atoms with Gasteiger partial charge in [-0.2, -0.15) is 0 Å². The van der Waals surface area contributed by atoms with Gasteiger partial charge in [-0.1, -0.05) is 48.5 Å². The Kier molecular flexibility index (Phi) is 5.96. The van der Waals surface area contributed by atoms with Crippen molar-refractivity contribution in [2.75, 3.05) is 20.2 Å². The van der Waals surface area contributed by atoms with Crippen LogP contribution in [-0.2, 0) is 6.54 Å². The van der Waals surface area contributed by atoms with Crippen LogP contribution in [0, 0.1) is 6.92 Å². The fraction of sp³-hybridized carbons (Fsp3) is 0.192. The van der Waals surface area contributed by atoms with E-state index in [1.54, 1.807) is 4.57 Å². The van der Waals surface area contributed by atoms with Gasteiger partial charge in [-0.05, 0) is 55.9 Å². The van der Waals surface area contributed by atoms with Crippen molar-refractivity contribution in [1.29, 1.82) is 0 Å². The summed E-state index contributed by atoms with van der Waals surface area (Å²) >= 11 is 0. The average Bonchev–Trinajstić information content (AvgIpc) is 3.10. The van der Waals surface area contributed by atoms with Gasteiger partial charge in [0.1, 0.15) is 12.4 Å². The number of aromatic nitrogens is 1. The number of ether oxygens (including phenoxy) is 1. The first kappa shape index (κ1) is 19.9. The molecule has 0 bridgehead atoms. The third-order valence-corrected chi connectivity index (χ3v) is 5.24. The second kappa shape index (κ2) is 8.97. The van der Waals surface area contributed by atoms with Crippen LogP contribution in [0.1, 0.15) is 21.6 Å². The Hall–Kier alpha value is -3.37. The van der Waals surface area contributed by atoms with Gasteiger partial charge in [0.15, 0.2) is 0 Å². The van der Waals surface area contributed by atoms with E-state index in [9.17, 15) is 4.79 Å². The smallest absolute Gasteiger partial charge is 0.262 e. The van der Waals surface area contributed by atoms with E-state index >= 15 is 0 Å². The lowest BCUT2D eigenvalue weighted by molar-refractivity contribution is 0.0963. The first-order chi connectivity index (χ1) is 14.6. The van der Waals surface area contributed by atoms with Crippen molar-refractivity contribution in [3.8, 4) is 5.75 Å². The number of hydrogen-bond donors (Lipinski definition) is 0. The highest BCUT2D eigenvalue weighted by molar-refractivity contribution is 6.02. The van der Waals surface area contributed by atoms with Crippen LogP contribution < -0.4 is 4.74 Å². The van der Waals surface area contributed by atoms with Gasteiger partial charge in [-0.25, -0.2) is 0 Å². The van der Waals surface area contributed by atoms with E-state index in [0.717, 1.165) is 35.4 Å². The summed E-state index contributed by atoms with van der Waals surface area (Å²) in [6.45, 7) is 4.27. The van der Waals surface area contributed by atoms with Crippen molar-refractivity contribution < 1.29 is 9.53 Å². The van der Waals surface area contributed by atoms with Crippen molar-refractivity contribution in [3.63, 3.8) is 0 Å². The Morgan fingerprint density at radius 3 is 2.40 bits per heavy atom. The Labute approximate surface area is 177 Å². The summed E-state index contributed by atoms with van der Waals surface area (Å²) in [4.78, 5) is 15.3. The maximum Gasteiger partial charge on any atom is 0.262 e. The third-order valence-electron chi connectivity index (χ3n) is 5.24. The predicted molar refractivity (Wildman–Crippen MR) is 121 cm³/mol. The largest absolute Gasteiger partial charge is 0.492 e. The molecule has 152 valence electrons. The summed E-state index contributed by atoms with van der Waals surface area (Å²) < 4.78 is 7.64. The summed E-state index contributed by atoms with van der Waals surface area (Å²) in [6.07, 6.45) is 0. The minimum Gasteiger partial charge on any atom is -0.492 e. The molecule has 0 aliphatic carbocycles. The lowest BCUT2D eigenvalue weighted by Crippen LogP contribution is -2.23. The zero-order valence-electron chi connectivity index (χ0n) is 17.4. The highest BCUT2D eigenvalue weighted by Gasteiger charge is 2.14. The van der Waals surface area contributed by atoms with E-state index in [2.05, 4.69) is 36.2 Å². The number of rotatable bonds is 7. The number of hydrogen-bond acceptors (Lipinski definition) is 3. The predicted octanol–water partition coefficient (Wildman–Crippen LogP) is 5.15. The van der Waals surface area contributed by atoms with Gasteiger partial charge < -0.3 is 4.74 Å². The Morgan fingerprint density at radius 2 is 1.63 bits per heavy atom. The molecular weight excluding hydrogens is 372 g/mol. The molecule has 0 aliphatic rings. The molecule has 1 heterocycles. The number of carbonyl (C=O) groups is 1. The number of para-hydroxylation sites is 1. The van der Waals surface area contributed by atoms with Crippen LogP contribution >= 0.6 is 0 Å². The minimum atomic E-state index is -0.0251. The molecule has 0 aliphatic heterocycles. The van der Waals surface area contributed by atoms with Crippen LogP contribution in [0.15, 0.2) is 84.9 Å². The number of aryl methyl sites for hydroxylation is 1. The monoisotopic (exact) mass is 398 g/mol. The SMILES string of the molecule is Cc1cc2ccccc2n1C(=O)c1ccc(OCCN(C)Cc2ccccc2)cc1. The van der Waals surface area contributed by atoms with Gasteiger partial charge >= 0.3 is 0 Å². The van der Waals surface area contributed by atoms with Gasteiger partial charge in [-0.3, -0.25) is 14.3 Å². The molecule has 3 aromatic carbocycles. The van der Waals surface area contributed by atoms with Gasteiger partial charge in [0.05, 0.1) is 5.52 Å². The molecule has 1 aromatic heterocycles. The van der Waals surface area contributed by atoms with Gasteiger partial charge in [0.2, 0.25) is 0 Å². The highest BCUT2D eigenvalue weighted by Crippen LogP contribution is 2.21. The maximum atomic E-state index is 13.0. The van der Waals surface area contributed by atoms with Crippen molar-refractivity contribution in [2.24, 2.45) is 0 Å². The zero-order chi connectivity index (χ0) is 20.9. The minimum absolute atomic E-state index is 0.0251. The van der Waals surface area contributed by atoms with Crippen molar-refractivity contribution >= 4 is 16.8 Å². The molecule has 0 radical (unpaired) electrons. The Balaban J connectivity index is 1.36. The molecule has 0 fully saturated rings. The maximum absolute atomic E-state index is 13.0. The molecule has 0 unspecified atom stereocenters. The number of nitrogens with zero attached hydrogens (tertiary/aromatic N) is 2. The molecule has 0 atom stereocenters. The van der Waals surface area contributed by atoms with Crippen LogP contribution in [-0.4, -0.2) is 35.6 Å². The summed E-state index contributed by atoms with van der Waals surface area (Å²) in [5, 5.41) is 1.07. The quantitative estimate of drug-likeness (QED) is 0.432. The molecule has 30 heavy (non-hydrogen) atoms. The summed E-state index contributed by atoms with van der Waals surface area (Å²) in [6, 6.07) is 27.8. The Bertz CT molecular complexity index is 1130. The van der Waals surface area contributed by atoms with Gasteiger partial charge in [0.25, 0.3) is 5.91 Å². The van der Waals surface area contributed by atoms with Gasteiger partial charge in [0, 0.05) is 29.7 Å². The molecule has 4 rings (SSSR count). The van der Waals surface area contributed by atoms with Crippen LogP contribution in [0.4, 0.5) is 0 Å².